The second-order valence-electron chi connectivity index (χ2n) is 6.01. The lowest BCUT2D eigenvalue weighted by atomic mass is 10.1. The van der Waals surface area contributed by atoms with Crippen molar-refractivity contribution in [3.8, 4) is 0 Å². The smallest absolute Gasteiger partial charge is 0.282 e. The van der Waals surface area contributed by atoms with Crippen molar-refractivity contribution in [2.24, 2.45) is 5.10 Å². The van der Waals surface area contributed by atoms with E-state index in [0.29, 0.717) is 12.3 Å². The number of sulfonamides is 1. The van der Waals surface area contributed by atoms with E-state index in [9.17, 15) is 13.2 Å². The Labute approximate surface area is 171 Å². The third-order valence-electron chi connectivity index (χ3n) is 4.00. The molecule has 1 amide bonds. The average Bonchev–Trinajstić information content (AvgIpc) is 3.04. The summed E-state index contributed by atoms with van der Waals surface area (Å²) in [6.07, 6.45) is 0. The summed E-state index contributed by atoms with van der Waals surface area (Å²) in [6.45, 7) is 2.84. The summed E-state index contributed by atoms with van der Waals surface area (Å²) < 4.78 is 25.8. The largest absolute Gasteiger partial charge is 0.327 e. The predicted octanol–water partition coefficient (Wildman–Crippen LogP) is 3.61. The van der Waals surface area contributed by atoms with E-state index in [1.165, 1.54) is 23.9 Å². The molecule has 27 heavy (non-hydrogen) atoms. The first-order chi connectivity index (χ1) is 12.8. The molecule has 1 heterocycles. The van der Waals surface area contributed by atoms with Gasteiger partial charge in [-0.15, -0.1) is 0 Å². The highest BCUT2D eigenvalue weighted by molar-refractivity contribution is 9.10. The van der Waals surface area contributed by atoms with Crippen molar-refractivity contribution in [3.63, 3.8) is 0 Å². The molecule has 1 N–H and O–H groups in total. The first-order valence-corrected chi connectivity index (χ1v) is 11.4. The molecule has 2 aromatic carbocycles. The maximum atomic E-state index is 12.5. The highest BCUT2D eigenvalue weighted by Gasteiger charge is 2.23. The molecule has 6 nitrogen and oxygen atoms in total. The summed E-state index contributed by atoms with van der Waals surface area (Å²) in [4.78, 5) is 16.0. The topological polar surface area (TPSA) is 78.8 Å². The summed E-state index contributed by atoms with van der Waals surface area (Å²) >= 11 is 4.54. The normalized spacial score (nSPS) is 15.3. The molecule has 0 saturated carbocycles. The maximum Gasteiger partial charge on any atom is 0.282 e. The van der Waals surface area contributed by atoms with Crippen LogP contribution in [0, 0.1) is 6.92 Å². The van der Waals surface area contributed by atoms with Gasteiger partial charge < -0.3 is 4.90 Å². The van der Waals surface area contributed by atoms with Gasteiger partial charge in [-0.3, -0.25) is 4.79 Å². The van der Waals surface area contributed by atoms with Gasteiger partial charge in [0.25, 0.3) is 15.3 Å². The Balaban J connectivity index is 1.87. The lowest BCUT2D eigenvalue weighted by Gasteiger charge is -2.17. The molecule has 1 aliphatic heterocycles. The monoisotopic (exact) mass is 467 g/mol. The van der Waals surface area contributed by atoms with Gasteiger partial charge in [0, 0.05) is 16.8 Å². The molecule has 2 aromatic rings. The molecular weight excluding hydrogens is 450 g/mol. The molecule has 9 heteroatoms. The zero-order valence-electron chi connectivity index (χ0n) is 14.6. The number of aryl methyl sites for hydroxylation is 1. The van der Waals surface area contributed by atoms with Crippen molar-refractivity contribution in [1.29, 1.82) is 0 Å². The molecule has 0 radical (unpaired) electrons. The van der Waals surface area contributed by atoms with E-state index >= 15 is 0 Å². The van der Waals surface area contributed by atoms with E-state index < -0.39 is 10.0 Å². The van der Waals surface area contributed by atoms with E-state index in [-0.39, 0.29) is 16.7 Å². The minimum absolute atomic E-state index is 0.0226. The van der Waals surface area contributed by atoms with Gasteiger partial charge in [0.2, 0.25) is 0 Å². The molecule has 0 unspecified atom stereocenters. The van der Waals surface area contributed by atoms with Gasteiger partial charge in [-0.25, -0.2) is 0 Å². The van der Waals surface area contributed by atoms with Crippen molar-refractivity contribution in [2.45, 2.75) is 11.8 Å². The van der Waals surface area contributed by atoms with Gasteiger partial charge in [0.1, 0.15) is 0 Å². The molecule has 0 aliphatic carbocycles. The molecule has 0 bridgehead atoms. The average molecular weight is 468 g/mol. The van der Waals surface area contributed by atoms with Crippen LogP contribution in [-0.2, 0) is 10.0 Å². The number of halogens is 1. The maximum absolute atomic E-state index is 12.5. The lowest BCUT2D eigenvalue weighted by molar-refractivity contribution is 0.235. The number of rotatable bonds is 6. The molecule has 0 atom stereocenters. The van der Waals surface area contributed by atoms with Crippen LogP contribution in [0.5, 0.6) is 0 Å². The lowest BCUT2D eigenvalue weighted by Crippen LogP contribution is -2.32. The summed E-state index contributed by atoms with van der Waals surface area (Å²) in [6, 6.07) is 13.9. The quantitative estimate of drug-likeness (QED) is 0.519. The zero-order valence-corrected chi connectivity index (χ0v) is 17.8. The highest BCUT2D eigenvalue weighted by atomic mass is 79.9. The number of nitrogens with zero attached hydrogens (tertiary/aromatic N) is 2. The fourth-order valence-electron chi connectivity index (χ4n) is 2.47. The van der Waals surface area contributed by atoms with Gasteiger partial charge in [0.05, 0.1) is 17.2 Å². The Bertz CT molecular complexity index is 958. The van der Waals surface area contributed by atoms with Crippen molar-refractivity contribution in [1.82, 2.24) is 9.73 Å². The second kappa shape index (κ2) is 8.45. The van der Waals surface area contributed by atoms with E-state index in [0.717, 1.165) is 21.4 Å². The van der Waals surface area contributed by atoms with Crippen LogP contribution in [0.15, 0.2) is 63.0 Å². The van der Waals surface area contributed by atoms with E-state index in [1.807, 2.05) is 31.2 Å². The number of thioether (sulfide) groups is 1. The number of amides is 1. The minimum atomic E-state index is -3.80. The van der Waals surface area contributed by atoms with E-state index in [2.05, 4.69) is 25.9 Å². The predicted molar refractivity (Wildman–Crippen MR) is 112 cm³/mol. The number of hydrogen-bond acceptors (Lipinski definition) is 5. The number of benzene rings is 2. The number of hydrogen-bond donors (Lipinski definition) is 1. The molecule has 3 rings (SSSR count). The fourth-order valence-corrected chi connectivity index (χ4v) is 4.39. The van der Waals surface area contributed by atoms with E-state index in [1.54, 1.807) is 17.0 Å². The zero-order chi connectivity index (χ0) is 19.4. The second-order valence-corrected chi connectivity index (χ2v) is 9.63. The van der Waals surface area contributed by atoms with Crippen LogP contribution in [0.25, 0.3) is 0 Å². The van der Waals surface area contributed by atoms with Gasteiger partial charge in [-0.1, -0.05) is 57.5 Å². The molecule has 142 valence electrons. The van der Waals surface area contributed by atoms with Crippen LogP contribution in [-0.4, -0.2) is 43.1 Å². The molecule has 0 spiro atoms. The Kier molecular flexibility index (Phi) is 6.23. The Morgan fingerprint density at radius 2 is 1.85 bits per heavy atom. The van der Waals surface area contributed by atoms with Crippen LogP contribution in [0.4, 0.5) is 4.79 Å². The number of carbonyl (C=O) groups is 1. The molecule has 1 saturated heterocycles. The minimum Gasteiger partial charge on any atom is -0.327 e. The van der Waals surface area contributed by atoms with Crippen LogP contribution < -0.4 is 4.83 Å². The van der Waals surface area contributed by atoms with Crippen molar-refractivity contribution >= 4 is 48.7 Å². The van der Waals surface area contributed by atoms with Gasteiger partial charge in [-0.2, -0.15) is 18.4 Å². The highest BCUT2D eigenvalue weighted by Crippen LogP contribution is 2.19. The van der Waals surface area contributed by atoms with Gasteiger partial charge in [0.15, 0.2) is 0 Å². The third kappa shape index (κ3) is 5.12. The molecule has 0 aromatic heterocycles. The van der Waals surface area contributed by atoms with Crippen molar-refractivity contribution in [3.05, 3.63) is 64.1 Å². The summed E-state index contributed by atoms with van der Waals surface area (Å²) in [5.41, 5.74) is 2.34. The summed E-state index contributed by atoms with van der Waals surface area (Å²) in [5.74, 6) is 0.727. The number of nitrogens with one attached hydrogen (secondary N) is 1. The standard InChI is InChI=1S/C18H18BrN3O3S2/c1-13-2-4-14(5-3-13)17(12-22-10-11-26-18(22)23)20-21-27(24,25)16-8-6-15(19)7-9-16/h2-9,21H,10-12H2,1H3. The van der Waals surface area contributed by atoms with Crippen LogP contribution in [0.3, 0.4) is 0 Å². The Morgan fingerprint density at radius 1 is 1.19 bits per heavy atom. The fraction of sp³-hybridized carbons (Fsp3) is 0.222. The SMILES string of the molecule is Cc1ccc(C(CN2CCSC2=O)=NNS(=O)(=O)c2ccc(Br)cc2)cc1. The first kappa shape index (κ1) is 19.9. The molecule has 1 fully saturated rings. The van der Waals surface area contributed by atoms with E-state index in [4.69, 9.17) is 0 Å². The molecular formula is C18H18BrN3O3S2. The van der Waals surface area contributed by atoms with Crippen LogP contribution in [0.1, 0.15) is 11.1 Å². The summed E-state index contributed by atoms with van der Waals surface area (Å²) in [7, 11) is -3.80. The van der Waals surface area contributed by atoms with Crippen LogP contribution >= 0.6 is 27.7 Å². The Hall–Kier alpha value is -1.84. The van der Waals surface area contributed by atoms with Gasteiger partial charge >= 0.3 is 0 Å². The van der Waals surface area contributed by atoms with Crippen molar-refractivity contribution in [2.75, 3.05) is 18.8 Å². The summed E-state index contributed by atoms with van der Waals surface area (Å²) in [5, 5.41) is 4.13. The first-order valence-electron chi connectivity index (χ1n) is 8.18. The Morgan fingerprint density at radius 3 is 2.44 bits per heavy atom. The number of carbonyl (C=O) groups excluding carboxylic acids is 1. The van der Waals surface area contributed by atoms with Crippen molar-refractivity contribution < 1.29 is 13.2 Å². The van der Waals surface area contributed by atoms with Crippen LogP contribution in [0.2, 0.25) is 0 Å². The number of hydrazone groups is 1. The van der Waals surface area contributed by atoms with Gasteiger partial charge in [-0.05, 0) is 36.8 Å². The molecule has 1 aliphatic rings. The third-order valence-corrected chi connectivity index (χ3v) is 6.64.